The van der Waals surface area contributed by atoms with Crippen LogP contribution in [0.2, 0.25) is 0 Å². The van der Waals surface area contributed by atoms with Crippen molar-refractivity contribution in [2.75, 3.05) is 5.32 Å². The van der Waals surface area contributed by atoms with E-state index in [0.29, 0.717) is 11.3 Å². The monoisotopic (exact) mass is 203 g/mol. The maximum atomic E-state index is 11.5. The summed E-state index contributed by atoms with van der Waals surface area (Å²) < 4.78 is 0. The van der Waals surface area contributed by atoms with Crippen molar-refractivity contribution in [3.8, 4) is 0 Å². The van der Waals surface area contributed by atoms with Crippen molar-refractivity contribution in [3.05, 3.63) is 29.8 Å². The molecule has 15 heavy (non-hydrogen) atoms. The molecule has 1 aliphatic carbocycles. The lowest BCUT2D eigenvalue weighted by Crippen LogP contribution is -2.15. The van der Waals surface area contributed by atoms with Crippen LogP contribution in [0.3, 0.4) is 0 Å². The standard InChI is InChI=1S/C12H13NO2/c1-8(14)10-4-2-3-5-11(10)13-12(15)9-6-7-9/h2-5,9H,6-7H2,1H3,(H,13,15). The molecule has 0 atom stereocenters. The minimum Gasteiger partial charge on any atom is -0.325 e. The summed E-state index contributed by atoms with van der Waals surface area (Å²) in [5.74, 6) is 0.162. The van der Waals surface area contributed by atoms with Crippen molar-refractivity contribution in [2.45, 2.75) is 19.8 Å². The van der Waals surface area contributed by atoms with Gasteiger partial charge in [0, 0.05) is 11.5 Å². The van der Waals surface area contributed by atoms with Crippen LogP contribution >= 0.6 is 0 Å². The number of rotatable bonds is 3. The molecule has 1 aromatic carbocycles. The molecule has 0 spiro atoms. The van der Waals surface area contributed by atoms with E-state index < -0.39 is 0 Å². The van der Waals surface area contributed by atoms with Gasteiger partial charge in [-0.2, -0.15) is 0 Å². The van der Waals surface area contributed by atoms with Crippen molar-refractivity contribution in [3.63, 3.8) is 0 Å². The fourth-order valence-electron chi connectivity index (χ4n) is 1.48. The van der Waals surface area contributed by atoms with E-state index in [-0.39, 0.29) is 17.6 Å². The van der Waals surface area contributed by atoms with Crippen molar-refractivity contribution in [2.24, 2.45) is 5.92 Å². The Kier molecular flexibility index (Phi) is 2.54. The summed E-state index contributed by atoms with van der Waals surface area (Å²) in [6, 6.07) is 7.10. The fraction of sp³-hybridized carbons (Fsp3) is 0.333. The summed E-state index contributed by atoms with van der Waals surface area (Å²) in [6.45, 7) is 1.50. The largest absolute Gasteiger partial charge is 0.325 e. The summed E-state index contributed by atoms with van der Waals surface area (Å²) in [5.41, 5.74) is 1.20. The Morgan fingerprint density at radius 1 is 1.27 bits per heavy atom. The second-order valence-electron chi connectivity index (χ2n) is 3.87. The minimum atomic E-state index is -0.0262. The molecule has 0 aliphatic heterocycles. The first kappa shape index (κ1) is 9.90. The van der Waals surface area contributed by atoms with Crippen molar-refractivity contribution in [1.82, 2.24) is 0 Å². The predicted molar refractivity (Wildman–Crippen MR) is 57.8 cm³/mol. The van der Waals surface area contributed by atoms with Gasteiger partial charge in [0.15, 0.2) is 5.78 Å². The van der Waals surface area contributed by atoms with E-state index in [1.54, 1.807) is 18.2 Å². The average Bonchev–Trinajstić information content (AvgIpc) is 3.01. The SMILES string of the molecule is CC(=O)c1ccccc1NC(=O)C1CC1. The second-order valence-corrected chi connectivity index (χ2v) is 3.87. The molecule has 0 aromatic heterocycles. The number of hydrogen-bond donors (Lipinski definition) is 1. The summed E-state index contributed by atoms with van der Waals surface area (Å²) in [6.07, 6.45) is 1.93. The van der Waals surface area contributed by atoms with Crippen molar-refractivity contribution in [1.29, 1.82) is 0 Å². The summed E-state index contributed by atoms with van der Waals surface area (Å²) in [5, 5.41) is 2.79. The highest BCUT2D eigenvalue weighted by atomic mass is 16.2. The number of hydrogen-bond acceptors (Lipinski definition) is 2. The summed E-state index contributed by atoms with van der Waals surface area (Å²) >= 11 is 0. The number of carbonyl (C=O) groups is 2. The Labute approximate surface area is 88.5 Å². The van der Waals surface area contributed by atoms with Crippen LogP contribution < -0.4 is 5.32 Å². The highest BCUT2D eigenvalue weighted by Gasteiger charge is 2.29. The lowest BCUT2D eigenvalue weighted by atomic mass is 10.1. The van der Waals surface area contributed by atoms with Crippen molar-refractivity contribution < 1.29 is 9.59 Å². The van der Waals surface area contributed by atoms with Crippen LogP contribution in [0.25, 0.3) is 0 Å². The van der Waals surface area contributed by atoms with E-state index in [4.69, 9.17) is 0 Å². The van der Waals surface area contributed by atoms with Gasteiger partial charge in [-0.05, 0) is 31.9 Å². The lowest BCUT2D eigenvalue weighted by molar-refractivity contribution is -0.117. The molecule has 0 unspecified atom stereocenters. The first-order valence-corrected chi connectivity index (χ1v) is 5.09. The molecule has 1 aliphatic rings. The Hall–Kier alpha value is -1.64. The molecule has 78 valence electrons. The summed E-state index contributed by atoms with van der Waals surface area (Å²) in [4.78, 5) is 22.8. The molecule has 0 radical (unpaired) electrons. The zero-order chi connectivity index (χ0) is 10.8. The van der Waals surface area contributed by atoms with Crippen LogP contribution in [0.1, 0.15) is 30.1 Å². The van der Waals surface area contributed by atoms with E-state index in [2.05, 4.69) is 5.32 Å². The predicted octanol–water partition coefficient (Wildman–Crippen LogP) is 2.24. The van der Waals surface area contributed by atoms with E-state index in [1.807, 2.05) is 6.07 Å². The van der Waals surface area contributed by atoms with Gasteiger partial charge < -0.3 is 5.32 Å². The second kappa shape index (κ2) is 3.85. The van der Waals surface area contributed by atoms with E-state index >= 15 is 0 Å². The van der Waals surface area contributed by atoms with Crippen LogP contribution in [0.5, 0.6) is 0 Å². The van der Waals surface area contributed by atoms with E-state index in [0.717, 1.165) is 12.8 Å². The zero-order valence-corrected chi connectivity index (χ0v) is 8.62. The Balaban J connectivity index is 2.19. The number of Topliss-reactive ketones (excluding diaryl/α,β-unsaturated/α-hetero) is 1. The number of nitrogens with one attached hydrogen (secondary N) is 1. The summed E-state index contributed by atoms with van der Waals surface area (Å²) in [7, 11) is 0. The van der Waals surface area contributed by atoms with Crippen LogP contribution in [-0.4, -0.2) is 11.7 Å². The van der Waals surface area contributed by atoms with Gasteiger partial charge in [-0.25, -0.2) is 0 Å². The number of anilines is 1. The molecule has 1 aromatic rings. The molecular formula is C12H13NO2. The third kappa shape index (κ3) is 2.24. The van der Waals surface area contributed by atoms with Crippen LogP contribution in [0.15, 0.2) is 24.3 Å². The third-order valence-electron chi connectivity index (χ3n) is 2.51. The van der Waals surface area contributed by atoms with Gasteiger partial charge in [-0.15, -0.1) is 0 Å². The molecule has 1 saturated carbocycles. The van der Waals surface area contributed by atoms with Crippen LogP contribution in [-0.2, 0) is 4.79 Å². The fourth-order valence-corrected chi connectivity index (χ4v) is 1.48. The van der Waals surface area contributed by atoms with Gasteiger partial charge in [0.25, 0.3) is 0 Å². The highest BCUT2D eigenvalue weighted by Crippen LogP contribution is 2.30. The van der Waals surface area contributed by atoms with Gasteiger partial charge in [0.1, 0.15) is 0 Å². The van der Waals surface area contributed by atoms with Gasteiger partial charge in [0.2, 0.25) is 5.91 Å². The van der Waals surface area contributed by atoms with Gasteiger partial charge in [0.05, 0.1) is 5.69 Å². The third-order valence-corrected chi connectivity index (χ3v) is 2.51. The number of amides is 1. The van der Waals surface area contributed by atoms with E-state index in [1.165, 1.54) is 6.92 Å². The van der Waals surface area contributed by atoms with Crippen molar-refractivity contribution >= 4 is 17.4 Å². The Bertz CT molecular complexity index is 408. The highest BCUT2D eigenvalue weighted by molar-refractivity contribution is 6.04. The Morgan fingerprint density at radius 3 is 2.53 bits per heavy atom. The molecule has 3 heteroatoms. The smallest absolute Gasteiger partial charge is 0.227 e. The average molecular weight is 203 g/mol. The molecule has 0 saturated heterocycles. The van der Waals surface area contributed by atoms with E-state index in [9.17, 15) is 9.59 Å². The van der Waals surface area contributed by atoms with Gasteiger partial charge >= 0.3 is 0 Å². The number of ketones is 1. The quantitative estimate of drug-likeness (QED) is 0.766. The first-order valence-electron chi connectivity index (χ1n) is 5.09. The molecule has 1 N–H and O–H groups in total. The normalized spacial score (nSPS) is 14.7. The van der Waals surface area contributed by atoms with Gasteiger partial charge in [-0.1, -0.05) is 12.1 Å². The molecule has 0 heterocycles. The molecule has 0 bridgehead atoms. The molecule has 2 rings (SSSR count). The zero-order valence-electron chi connectivity index (χ0n) is 8.62. The number of carbonyl (C=O) groups excluding carboxylic acids is 2. The van der Waals surface area contributed by atoms with Crippen LogP contribution in [0.4, 0.5) is 5.69 Å². The maximum absolute atomic E-state index is 11.5. The minimum absolute atomic E-state index is 0.0262. The number of para-hydroxylation sites is 1. The Morgan fingerprint density at radius 2 is 1.93 bits per heavy atom. The maximum Gasteiger partial charge on any atom is 0.227 e. The van der Waals surface area contributed by atoms with Gasteiger partial charge in [-0.3, -0.25) is 9.59 Å². The molecular weight excluding hydrogens is 190 g/mol. The van der Waals surface area contributed by atoms with Crippen LogP contribution in [0, 0.1) is 5.92 Å². The molecule has 1 amide bonds. The lowest BCUT2D eigenvalue weighted by Gasteiger charge is -2.07. The number of benzene rings is 1. The first-order chi connectivity index (χ1) is 7.18. The molecule has 1 fully saturated rings. The molecule has 3 nitrogen and oxygen atoms in total. The topological polar surface area (TPSA) is 46.2 Å².